The van der Waals surface area contributed by atoms with Crippen LogP contribution in [-0.4, -0.2) is 24.0 Å². The van der Waals surface area contributed by atoms with E-state index in [4.69, 9.17) is 4.74 Å². The van der Waals surface area contributed by atoms with E-state index in [9.17, 15) is 9.59 Å². The lowest BCUT2D eigenvalue weighted by molar-refractivity contribution is -0.111. The van der Waals surface area contributed by atoms with Gasteiger partial charge in [0.1, 0.15) is 5.00 Å². The zero-order chi connectivity index (χ0) is 20.5. The molecule has 0 aliphatic carbocycles. The molecule has 0 fully saturated rings. The normalized spacial score (nSPS) is 17.3. The third-order valence-corrected chi connectivity index (χ3v) is 6.81. The lowest BCUT2D eigenvalue weighted by Crippen LogP contribution is -2.55. The zero-order valence-corrected chi connectivity index (χ0v) is 18.5. The number of nitrogens with one attached hydrogen (secondary N) is 2. The maximum absolute atomic E-state index is 12.7. The molecule has 28 heavy (non-hydrogen) atoms. The van der Waals surface area contributed by atoms with Gasteiger partial charge in [0.05, 0.1) is 12.2 Å². The van der Waals surface area contributed by atoms with Gasteiger partial charge in [-0.2, -0.15) is 0 Å². The first-order valence-electron chi connectivity index (χ1n) is 9.28. The zero-order valence-electron chi connectivity index (χ0n) is 16.8. The van der Waals surface area contributed by atoms with E-state index in [0.717, 1.165) is 15.3 Å². The van der Waals surface area contributed by atoms with Crippen molar-refractivity contribution in [1.82, 2.24) is 5.32 Å². The Morgan fingerprint density at radius 2 is 2.07 bits per heavy atom. The average Bonchev–Trinajstić information content (AvgIpc) is 3.19. The van der Waals surface area contributed by atoms with Gasteiger partial charge in [-0.3, -0.25) is 4.79 Å². The minimum atomic E-state index is -0.383. The Hall–Kier alpha value is -1.96. The molecule has 1 amide bonds. The summed E-state index contributed by atoms with van der Waals surface area (Å²) in [5.41, 5.74) is 0.981. The number of carbonyl (C=O) groups excluding carboxylic acids is 2. The highest BCUT2D eigenvalue weighted by Crippen LogP contribution is 2.45. The summed E-state index contributed by atoms with van der Waals surface area (Å²) in [6, 6.07) is 3.88. The van der Waals surface area contributed by atoms with Gasteiger partial charge in [-0.25, -0.2) is 4.79 Å². The van der Waals surface area contributed by atoms with Gasteiger partial charge in [0.15, 0.2) is 0 Å². The monoisotopic (exact) mass is 418 g/mol. The lowest BCUT2D eigenvalue weighted by atomic mass is 9.81. The summed E-state index contributed by atoms with van der Waals surface area (Å²) in [6.45, 7) is 10.5. The van der Waals surface area contributed by atoms with E-state index in [-0.39, 0.29) is 23.0 Å². The highest BCUT2D eigenvalue weighted by Gasteiger charge is 2.42. The van der Waals surface area contributed by atoms with Crippen molar-refractivity contribution in [3.63, 3.8) is 0 Å². The van der Waals surface area contributed by atoms with Gasteiger partial charge in [-0.15, -0.1) is 22.7 Å². The second-order valence-electron chi connectivity index (χ2n) is 7.98. The van der Waals surface area contributed by atoms with Crippen LogP contribution in [0.5, 0.6) is 0 Å². The van der Waals surface area contributed by atoms with Crippen molar-refractivity contribution in [3.05, 3.63) is 44.5 Å². The van der Waals surface area contributed by atoms with E-state index in [1.807, 2.05) is 17.5 Å². The minimum absolute atomic E-state index is 0.167. The van der Waals surface area contributed by atoms with Crippen LogP contribution in [0.4, 0.5) is 5.00 Å². The second kappa shape index (κ2) is 7.81. The maximum Gasteiger partial charge on any atom is 0.341 e. The standard InChI is InChI=1S/C21H26N2O3S2/c1-6-26-19(25)16-14-12-20(2,3)23-21(4,5)17(14)28-18(16)22-15(24)10-9-13-8-7-11-27-13/h7-11,23H,6,12H2,1-5H3,(H,22,24)/b10-9+. The molecular formula is C21H26N2O3S2. The predicted molar refractivity (Wildman–Crippen MR) is 116 cm³/mol. The third kappa shape index (κ3) is 4.37. The summed E-state index contributed by atoms with van der Waals surface area (Å²) in [4.78, 5) is 27.3. The van der Waals surface area contributed by atoms with Gasteiger partial charge in [0.2, 0.25) is 5.91 Å². The van der Waals surface area contributed by atoms with E-state index >= 15 is 0 Å². The Bertz CT molecular complexity index is 908. The summed E-state index contributed by atoms with van der Waals surface area (Å²) in [7, 11) is 0. The van der Waals surface area contributed by atoms with Gasteiger partial charge in [-0.05, 0) is 64.1 Å². The van der Waals surface area contributed by atoms with Crippen LogP contribution in [0.1, 0.15) is 60.3 Å². The van der Waals surface area contributed by atoms with Crippen LogP contribution in [0, 0.1) is 0 Å². The van der Waals surface area contributed by atoms with Crippen LogP contribution in [0.2, 0.25) is 0 Å². The van der Waals surface area contributed by atoms with Crippen molar-refractivity contribution < 1.29 is 14.3 Å². The number of fused-ring (bicyclic) bond motifs is 1. The molecule has 3 heterocycles. The fraction of sp³-hybridized carbons (Fsp3) is 0.429. The van der Waals surface area contributed by atoms with Gasteiger partial charge >= 0.3 is 5.97 Å². The molecule has 0 radical (unpaired) electrons. The maximum atomic E-state index is 12.7. The smallest absolute Gasteiger partial charge is 0.341 e. The molecule has 1 aliphatic rings. The van der Waals surface area contributed by atoms with Crippen molar-refractivity contribution in [2.45, 2.75) is 52.1 Å². The second-order valence-corrected chi connectivity index (χ2v) is 9.98. The molecule has 0 saturated heterocycles. The minimum Gasteiger partial charge on any atom is -0.462 e. The number of rotatable bonds is 5. The number of anilines is 1. The van der Waals surface area contributed by atoms with Crippen LogP contribution in [-0.2, 0) is 21.5 Å². The molecule has 3 rings (SSSR count). The van der Waals surface area contributed by atoms with E-state index in [2.05, 4.69) is 38.3 Å². The summed E-state index contributed by atoms with van der Waals surface area (Å²) in [5.74, 6) is -0.645. The molecule has 2 aromatic rings. The molecule has 5 nitrogen and oxygen atoms in total. The summed E-state index contributed by atoms with van der Waals surface area (Å²) < 4.78 is 5.31. The topological polar surface area (TPSA) is 67.4 Å². The summed E-state index contributed by atoms with van der Waals surface area (Å²) in [6.07, 6.45) is 3.95. The third-order valence-electron chi connectivity index (χ3n) is 4.50. The number of amides is 1. The number of ether oxygens (including phenoxy) is 1. The van der Waals surface area contributed by atoms with Crippen molar-refractivity contribution in [2.24, 2.45) is 0 Å². The molecule has 2 aromatic heterocycles. The van der Waals surface area contributed by atoms with Gasteiger partial charge in [0, 0.05) is 26.9 Å². The van der Waals surface area contributed by atoms with Crippen molar-refractivity contribution in [2.75, 3.05) is 11.9 Å². The van der Waals surface area contributed by atoms with Crippen molar-refractivity contribution in [3.8, 4) is 0 Å². The quantitative estimate of drug-likeness (QED) is 0.541. The first kappa shape index (κ1) is 20.8. The van der Waals surface area contributed by atoms with Crippen LogP contribution in [0.3, 0.4) is 0 Å². The molecule has 150 valence electrons. The van der Waals surface area contributed by atoms with Gasteiger partial charge in [0.25, 0.3) is 0 Å². The molecule has 0 atom stereocenters. The number of hydrogen-bond acceptors (Lipinski definition) is 6. The number of esters is 1. The Balaban J connectivity index is 1.97. The molecule has 7 heteroatoms. The Labute approximate surface area is 173 Å². The number of hydrogen-bond donors (Lipinski definition) is 2. The van der Waals surface area contributed by atoms with Gasteiger partial charge < -0.3 is 15.4 Å². The Morgan fingerprint density at radius 1 is 1.32 bits per heavy atom. The molecular weight excluding hydrogens is 392 g/mol. The number of thiophene rings is 2. The molecule has 2 N–H and O–H groups in total. The Kier molecular flexibility index (Phi) is 5.79. The van der Waals surface area contributed by atoms with Crippen LogP contribution in [0.15, 0.2) is 23.6 Å². The van der Waals surface area contributed by atoms with Crippen LogP contribution >= 0.6 is 22.7 Å². The molecule has 0 unspecified atom stereocenters. The molecule has 0 spiro atoms. The highest BCUT2D eigenvalue weighted by atomic mass is 32.1. The van der Waals surface area contributed by atoms with Gasteiger partial charge in [-0.1, -0.05) is 6.07 Å². The molecule has 1 aliphatic heterocycles. The summed E-state index contributed by atoms with van der Waals surface area (Å²) in [5, 5.41) is 9.04. The number of carbonyl (C=O) groups is 2. The van der Waals surface area contributed by atoms with Crippen LogP contribution in [0.25, 0.3) is 6.08 Å². The summed E-state index contributed by atoms with van der Waals surface area (Å²) >= 11 is 3.01. The SMILES string of the molecule is CCOC(=O)c1c(NC(=O)/C=C/c2cccs2)sc2c1CC(C)(C)NC2(C)C. The first-order chi connectivity index (χ1) is 13.1. The van der Waals surface area contributed by atoms with E-state index in [1.165, 1.54) is 17.4 Å². The fourth-order valence-corrected chi connectivity index (χ4v) is 5.62. The van der Waals surface area contributed by atoms with E-state index in [0.29, 0.717) is 23.6 Å². The highest BCUT2D eigenvalue weighted by molar-refractivity contribution is 7.17. The largest absolute Gasteiger partial charge is 0.462 e. The lowest BCUT2D eigenvalue weighted by Gasteiger charge is -2.42. The first-order valence-corrected chi connectivity index (χ1v) is 11.0. The molecule has 0 saturated carbocycles. The average molecular weight is 419 g/mol. The molecule has 0 bridgehead atoms. The fourth-order valence-electron chi connectivity index (χ4n) is 3.73. The Morgan fingerprint density at radius 3 is 2.71 bits per heavy atom. The van der Waals surface area contributed by atoms with E-state index < -0.39 is 0 Å². The molecule has 0 aromatic carbocycles. The van der Waals surface area contributed by atoms with E-state index in [1.54, 1.807) is 24.3 Å². The predicted octanol–water partition coefficient (Wildman–Crippen LogP) is 4.80. The van der Waals surface area contributed by atoms with Crippen molar-refractivity contribution >= 4 is 45.6 Å². The van der Waals surface area contributed by atoms with Crippen LogP contribution < -0.4 is 10.6 Å². The van der Waals surface area contributed by atoms with Crippen molar-refractivity contribution in [1.29, 1.82) is 0 Å².